The summed E-state index contributed by atoms with van der Waals surface area (Å²) in [7, 11) is 0. The van der Waals surface area contributed by atoms with E-state index in [1.165, 1.54) is 0 Å². The van der Waals surface area contributed by atoms with Gasteiger partial charge in [-0.3, -0.25) is 0 Å². The van der Waals surface area contributed by atoms with Crippen molar-refractivity contribution in [2.75, 3.05) is 6.61 Å². The number of benzene rings is 2. The first-order chi connectivity index (χ1) is 10.6. The maximum Gasteiger partial charge on any atom is 0.119 e. The average Bonchev–Trinajstić information content (AvgIpc) is 2.54. The van der Waals surface area contributed by atoms with Crippen LogP contribution in [0.5, 0.6) is 11.5 Å². The van der Waals surface area contributed by atoms with Crippen LogP contribution in [0.25, 0.3) is 0 Å². The highest BCUT2D eigenvalue weighted by atomic mass is 16.5. The molecule has 0 saturated heterocycles. The second-order valence-electron chi connectivity index (χ2n) is 5.52. The fourth-order valence-electron chi connectivity index (χ4n) is 2.29. The summed E-state index contributed by atoms with van der Waals surface area (Å²) in [6.07, 6.45) is -0.639. The molecule has 0 spiro atoms. The molecule has 3 atom stereocenters. The third kappa shape index (κ3) is 4.76. The second-order valence-corrected chi connectivity index (χ2v) is 5.52. The summed E-state index contributed by atoms with van der Waals surface area (Å²) >= 11 is 0. The molecule has 2 aromatic rings. The molecule has 4 heteroatoms. The van der Waals surface area contributed by atoms with Crippen molar-refractivity contribution in [2.24, 2.45) is 0 Å². The van der Waals surface area contributed by atoms with Gasteiger partial charge in [-0.2, -0.15) is 0 Å². The van der Waals surface area contributed by atoms with Crippen molar-refractivity contribution in [3.63, 3.8) is 0 Å². The van der Waals surface area contributed by atoms with E-state index in [4.69, 9.17) is 4.74 Å². The predicted octanol–water partition coefficient (Wildman–Crippen LogP) is 2.87. The number of rotatable bonds is 7. The highest BCUT2D eigenvalue weighted by Gasteiger charge is 2.18. The lowest BCUT2D eigenvalue weighted by Gasteiger charge is -2.25. The Morgan fingerprint density at radius 2 is 1.64 bits per heavy atom. The molecule has 0 aromatic heterocycles. The largest absolute Gasteiger partial charge is 0.508 e. The molecule has 1 unspecified atom stereocenters. The topological polar surface area (TPSA) is 61.7 Å². The summed E-state index contributed by atoms with van der Waals surface area (Å²) in [5.74, 6) is 1.03. The fourth-order valence-corrected chi connectivity index (χ4v) is 2.29. The fraction of sp³-hybridized carbons (Fsp3) is 0.333. The minimum Gasteiger partial charge on any atom is -0.508 e. The van der Waals surface area contributed by atoms with E-state index >= 15 is 0 Å². The first-order valence-electron chi connectivity index (χ1n) is 7.47. The second kappa shape index (κ2) is 7.82. The molecule has 0 aliphatic carbocycles. The maximum absolute atomic E-state index is 10.3. The lowest BCUT2D eigenvalue weighted by molar-refractivity contribution is 0.124. The van der Waals surface area contributed by atoms with E-state index in [0.717, 1.165) is 11.3 Å². The Hall–Kier alpha value is -2.04. The van der Waals surface area contributed by atoms with Crippen molar-refractivity contribution in [1.29, 1.82) is 0 Å². The summed E-state index contributed by atoms with van der Waals surface area (Å²) in [5.41, 5.74) is 0.772. The Morgan fingerprint density at radius 3 is 2.27 bits per heavy atom. The number of aliphatic hydroxyl groups excluding tert-OH is 1. The Labute approximate surface area is 131 Å². The van der Waals surface area contributed by atoms with Crippen LogP contribution in [-0.4, -0.2) is 28.9 Å². The van der Waals surface area contributed by atoms with Gasteiger partial charge in [-0.1, -0.05) is 30.3 Å². The molecule has 0 aliphatic heterocycles. The molecular weight excluding hydrogens is 278 g/mol. The lowest BCUT2D eigenvalue weighted by Crippen LogP contribution is -2.41. The Balaban J connectivity index is 1.82. The van der Waals surface area contributed by atoms with Crippen molar-refractivity contribution in [1.82, 2.24) is 5.32 Å². The molecule has 0 saturated carbocycles. The number of aliphatic hydroxyl groups is 1. The summed E-state index contributed by atoms with van der Waals surface area (Å²) in [6.45, 7) is 4.47. The highest BCUT2D eigenvalue weighted by Crippen LogP contribution is 2.20. The Bertz CT molecular complexity index is 556. The average molecular weight is 301 g/mol. The number of nitrogens with one attached hydrogen (secondary N) is 1. The monoisotopic (exact) mass is 301 g/mol. The third-order valence-corrected chi connectivity index (χ3v) is 3.50. The minimum atomic E-state index is -0.639. The van der Waals surface area contributed by atoms with Crippen LogP contribution in [0.15, 0.2) is 54.6 Å². The molecule has 22 heavy (non-hydrogen) atoms. The number of aromatic hydroxyl groups is 1. The van der Waals surface area contributed by atoms with E-state index in [-0.39, 0.29) is 17.8 Å². The van der Waals surface area contributed by atoms with Crippen LogP contribution in [0.4, 0.5) is 0 Å². The van der Waals surface area contributed by atoms with E-state index in [1.807, 2.05) is 44.2 Å². The number of hydrogen-bond donors (Lipinski definition) is 3. The van der Waals surface area contributed by atoms with Crippen LogP contribution in [0.3, 0.4) is 0 Å². The van der Waals surface area contributed by atoms with Gasteiger partial charge in [0, 0.05) is 12.1 Å². The third-order valence-electron chi connectivity index (χ3n) is 3.50. The standard InChI is InChI=1S/C18H23NO3/c1-13(12-22-17-6-4-3-5-7-17)19-14(2)18(21)15-8-10-16(20)11-9-15/h3-11,13-14,18-21H,12H2,1-2H3/t13?,14-,18+/m1/s1. The maximum atomic E-state index is 10.3. The van der Waals surface area contributed by atoms with Crippen molar-refractivity contribution in [2.45, 2.75) is 32.0 Å². The first-order valence-corrected chi connectivity index (χ1v) is 7.47. The predicted molar refractivity (Wildman–Crippen MR) is 87.1 cm³/mol. The van der Waals surface area contributed by atoms with Crippen molar-refractivity contribution < 1.29 is 14.9 Å². The van der Waals surface area contributed by atoms with Gasteiger partial charge in [-0.05, 0) is 43.7 Å². The molecule has 0 bridgehead atoms. The molecule has 3 N–H and O–H groups in total. The van der Waals surface area contributed by atoms with E-state index in [2.05, 4.69) is 5.32 Å². The quantitative estimate of drug-likeness (QED) is 0.736. The van der Waals surface area contributed by atoms with Crippen LogP contribution < -0.4 is 10.1 Å². The zero-order valence-corrected chi connectivity index (χ0v) is 12.9. The molecule has 0 amide bonds. The van der Waals surface area contributed by atoms with Crippen LogP contribution in [0, 0.1) is 0 Å². The highest BCUT2D eigenvalue weighted by molar-refractivity contribution is 5.28. The number of phenols is 1. The van der Waals surface area contributed by atoms with Gasteiger partial charge in [0.2, 0.25) is 0 Å². The molecule has 4 nitrogen and oxygen atoms in total. The van der Waals surface area contributed by atoms with Crippen molar-refractivity contribution >= 4 is 0 Å². The van der Waals surface area contributed by atoms with Gasteiger partial charge in [0.1, 0.15) is 18.1 Å². The number of phenolic OH excluding ortho intramolecular Hbond substituents is 1. The van der Waals surface area contributed by atoms with Crippen LogP contribution >= 0.6 is 0 Å². The minimum absolute atomic E-state index is 0.0990. The van der Waals surface area contributed by atoms with E-state index < -0.39 is 6.10 Å². The molecule has 118 valence electrons. The molecule has 2 rings (SSSR count). The van der Waals surface area contributed by atoms with Gasteiger partial charge in [-0.25, -0.2) is 0 Å². The zero-order chi connectivity index (χ0) is 15.9. The number of hydrogen-bond acceptors (Lipinski definition) is 4. The van der Waals surface area contributed by atoms with Crippen molar-refractivity contribution in [3.8, 4) is 11.5 Å². The molecular formula is C18H23NO3. The van der Waals surface area contributed by atoms with Crippen molar-refractivity contribution in [3.05, 3.63) is 60.2 Å². The molecule has 0 heterocycles. The van der Waals surface area contributed by atoms with Gasteiger partial charge >= 0.3 is 0 Å². The first kappa shape index (κ1) is 16.3. The van der Waals surface area contributed by atoms with Crippen LogP contribution in [-0.2, 0) is 0 Å². The smallest absolute Gasteiger partial charge is 0.119 e. The molecule has 0 fully saturated rings. The van der Waals surface area contributed by atoms with E-state index in [0.29, 0.717) is 6.61 Å². The van der Waals surface area contributed by atoms with E-state index in [1.54, 1.807) is 24.3 Å². The van der Waals surface area contributed by atoms with Gasteiger partial charge in [0.25, 0.3) is 0 Å². The SMILES string of the molecule is CC(COc1ccccc1)N[C@H](C)[C@H](O)c1ccc(O)cc1. The summed E-state index contributed by atoms with van der Waals surface area (Å²) in [5, 5.41) is 22.9. The summed E-state index contributed by atoms with van der Waals surface area (Å²) in [6, 6.07) is 16.2. The summed E-state index contributed by atoms with van der Waals surface area (Å²) in [4.78, 5) is 0. The normalized spacial score (nSPS) is 15.0. The van der Waals surface area contributed by atoms with Gasteiger partial charge in [0.15, 0.2) is 0 Å². The van der Waals surface area contributed by atoms with Gasteiger partial charge in [0.05, 0.1) is 6.10 Å². The molecule has 0 aliphatic rings. The Morgan fingerprint density at radius 1 is 1.00 bits per heavy atom. The summed E-state index contributed by atoms with van der Waals surface area (Å²) < 4.78 is 5.69. The molecule has 2 aromatic carbocycles. The van der Waals surface area contributed by atoms with Gasteiger partial charge in [-0.15, -0.1) is 0 Å². The Kier molecular flexibility index (Phi) is 5.81. The lowest BCUT2D eigenvalue weighted by atomic mass is 10.0. The van der Waals surface area contributed by atoms with Crippen LogP contribution in [0.2, 0.25) is 0 Å². The zero-order valence-electron chi connectivity index (χ0n) is 12.9. The van der Waals surface area contributed by atoms with Gasteiger partial charge < -0.3 is 20.3 Å². The van der Waals surface area contributed by atoms with E-state index in [9.17, 15) is 10.2 Å². The van der Waals surface area contributed by atoms with Crippen LogP contribution in [0.1, 0.15) is 25.5 Å². The molecule has 0 radical (unpaired) electrons. The number of para-hydroxylation sites is 1. The number of ether oxygens (including phenoxy) is 1.